The zero-order valence-electron chi connectivity index (χ0n) is 19.3. The molecule has 2 amide bonds. The predicted molar refractivity (Wildman–Crippen MR) is 127 cm³/mol. The molecule has 0 aliphatic carbocycles. The van der Waals surface area contributed by atoms with Gasteiger partial charge in [0.25, 0.3) is 0 Å². The van der Waals surface area contributed by atoms with Gasteiger partial charge in [0.2, 0.25) is 11.8 Å². The minimum absolute atomic E-state index is 0.116. The van der Waals surface area contributed by atoms with Gasteiger partial charge in [0.05, 0.1) is 6.61 Å². The van der Waals surface area contributed by atoms with Crippen molar-refractivity contribution in [1.82, 2.24) is 10.4 Å². The van der Waals surface area contributed by atoms with Gasteiger partial charge in [-0.15, -0.1) is 0 Å². The summed E-state index contributed by atoms with van der Waals surface area (Å²) in [5.74, 6) is 0.107. The normalized spacial score (nSPS) is 13.8. The van der Waals surface area contributed by atoms with Gasteiger partial charge in [-0.05, 0) is 55.5 Å². The van der Waals surface area contributed by atoms with Gasteiger partial charge in [-0.25, -0.2) is 5.48 Å². The van der Waals surface area contributed by atoms with E-state index in [1.54, 1.807) is 0 Å². The van der Waals surface area contributed by atoms with Crippen molar-refractivity contribution in [1.29, 1.82) is 0 Å². The quantitative estimate of drug-likeness (QED) is 0.448. The molecular formula is C26H35N3O3. The maximum absolute atomic E-state index is 12.5. The molecule has 6 nitrogen and oxygen atoms in total. The fourth-order valence-corrected chi connectivity index (χ4v) is 3.86. The summed E-state index contributed by atoms with van der Waals surface area (Å²) in [5, 5.41) is 0. The van der Waals surface area contributed by atoms with Crippen LogP contribution < -0.4 is 10.4 Å². The number of anilines is 1. The number of aryl methyl sites for hydroxylation is 2. The Balaban J connectivity index is 1.24. The fourth-order valence-electron chi connectivity index (χ4n) is 3.86. The van der Waals surface area contributed by atoms with E-state index < -0.39 is 0 Å². The van der Waals surface area contributed by atoms with Gasteiger partial charge in [-0.3, -0.25) is 14.4 Å². The summed E-state index contributed by atoms with van der Waals surface area (Å²) in [6.45, 7) is 7.91. The van der Waals surface area contributed by atoms with E-state index in [0.717, 1.165) is 51.0 Å². The maximum Gasteiger partial charge on any atom is 0.243 e. The lowest BCUT2D eigenvalue weighted by atomic mass is 10.1. The number of carbonyl (C=O) groups is 2. The van der Waals surface area contributed by atoms with Gasteiger partial charge >= 0.3 is 0 Å². The highest BCUT2D eigenvalue weighted by Gasteiger charge is 2.21. The number of hydroxylamine groups is 1. The van der Waals surface area contributed by atoms with Crippen LogP contribution in [0.4, 0.5) is 5.69 Å². The molecule has 3 rings (SSSR count). The second-order valence-electron chi connectivity index (χ2n) is 8.50. The van der Waals surface area contributed by atoms with Crippen molar-refractivity contribution in [3.8, 4) is 0 Å². The Labute approximate surface area is 191 Å². The highest BCUT2D eigenvalue weighted by molar-refractivity contribution is 5.76. The number of hydrogen-bond acceptors (Lipinski definition) is 4. The van der Waals surface area contributed by atoms with Crippen molar-refractivity contribution in [3.05, 3.63) is 65.2 Å². The lowest BCUT2D eigenvalue weighted by Gasteiger charge is -2.36. The van der Waals surface area contributed by atoms with E-state index in [4.69, 9.17) is 4.84 Å². The van der Waals surface area contributed by atoms with Crippen LogP contribution in [-0.4, -0.2) is 42.9 Å². The van der Waals surface area contributed by atoms with Crippen LogP contribution in [0.15, 0.2) is 48.5 Å². The zero-order valence-corrected chi connectivity index (χ0v) is 19.3. The molecule has 0 unspecified atom stereocenters. The number of piperazine rings is 1. The molecule has 1 fully saturated rings. The number of nitrogens with one attached hydrogen (secondary N) is 1. The first-order valence-electron chi connectivity index (χ1n) is 11.6. The second-order valence-corrected chi connectivity index (χ2v) is 8.50. The molecule has 6 heteroatoms. The average Bonchev–Trinajstić information content (AvgIpc) is 2.81. The summed E-state index contributed by atoms with van der Waals surface area (Å²) in [4.78, 5) is 33.9. The van der Waals surface area contributed by atoms with E-state index >= 15 is 0 Å². The number of hydrogen-bond donors (Lipinski definition) is 1. The zero-order chi connectivity index (χ0) is 22.8. The summed E-state index contributed by atoms with van der Waals surface area (Å²) in [6.07, 6.45) is 3.40. The molecule has 2 aromatic rings. The molecule has 0 spiro atoms. The van der Waals surface area contributed by atoms with E-state index in [0.29, 0.717) is 19.4 Å². The number of nitrogens with zero attached hydrogens (tertiary/aromatic N) is 2. The van der Waals surface area contributed by atoms with E-state index in [2.05, 4.69) is 42.4 Å². The van der Waals surface area contributed by atoms with Crippen LogP contribution in [0, 0.1) is 13.8 Å². The molecule has 32 heavy (non-hydrogen) atoms. The van der Waals surface area contributed by atoms with Crippen molar-refractivity contribution >= 4 is 17.5 Å². The lowest BCUT2D eigenvalue weighted by molar-refractivity contribution is -0.134. The molecular weight excluding hydrogens is 402 g/mol. The minimum atomic E-state index is -0.116. The van der Waals surface area contributed by atoms with Gasteiger partial charge in [-0.2, -0.15) is 0 Å². The first-order valence-corrected chi connectivity index (χ1v) is 11.6. The summed E-state index contributed by atoms with van der Waals surface area (Å²) in [6, 6.07) is 16.3. The summed E-state index contributed by atoms with van der Waals surface area (Å²) >= 11 is 0. The second kappa shape index (κ2) is 12.2. The van der Waals surface area contributed by atoms with Crippen LogP contribution in [0.25, 0.3) is 0 Å². The van der Waals surface area contributed by atoms with Crippen molar-refractivity contribution in [2.24, 2.45) is 0 Å². The van der Waals surface area contributed by atoms with E-state index in [1.165, 1.54) is 16.8 Å². The highest BCUT2D eigenvalue weighted by atomic mass is 16.6. The molecule has 2 aromatic carbocycles. The van der Waals surface area contributed by atoms with Crippen LogP contribution in [0.5, 0.6) is 0 Å². The van der Waals surface area contributed by atoms with Gasteiger partial charge in [-0.1, -0.05) is 42.8 Å². The Morgan fingerprint density at radius 2 is 1.59 bits per heavy atom. The first-order chi connectivity index (χ1) is 15.5. The predicted octanol–water partition coefficient (Wildman–Crippen LogP) is 4.15. The molecule has 0 saturated carbocycles. The minimum Gasteiger partial charge on any atom is -0.368 e. The number of carbonyl (C=O) groups excluding carboxylic acids is 2. The molecule has 0 atom stereocenters. The van der Waals surface area contributed by atoms with Crippen molar-refractivity contribution in [2.45, 2.75) is 52.6 Å². The topological polar surface area (TPSA) is 61.9 Å². The molecule has 1 heterocycles. The van der Waals surface area contributed by atoms with E-state index in [1.807, 2.05) is 35.2 Å². The van der Waals surface area contributed by atoms with Gasteiger partial charge < -0.3 is 9.80 Å². The van der Waals surface area contributed by atoms with E-state index in [-0.39, 0.29) is 11.8 Å². The van der Waals surface area contributed by atoms with E-state index in [9.17, 15) is 9.59 Å². The average molecular weight is 438 g/mol. The Hall–Kier alpha value is -2.86. The fraction of sp³-hybridized carbons (Fsp3) is 0.462. The monoisotopic (exact) mass is 437 g/mol. The molecule has 0 radical (unpaired) electrons. The van der Waals surface area contributed by atoms with Gasteiger partial charge in [0.1, 0.15) is 0 Å². The van der Waals surface area contributed by atoms with Crippen molar-refractivity contribution in [3.63, 3.8) is 0 Å². The number of benzene rings is 2. The van der Waals surface area contributed by atoms with Gasteiger partial charge in [0.15, 0.2) is 0 Å². The van der Waals surface area contributed by atoms with Crippen LogP contribution in [0.2, 0.25) is 0 Å². The van der Waals surface area contributed by atoms with Crippen molar-refractivity contribution < 1.29 is 14.4 Å². The molecule has 1 aliphatic heterocycles. The van der Waals surface area contributed by atoms with Crippen molar-refractivity contribution in [2.75, 3.05) is 31.1 Å². The third-order valence-electron chi connectivity index (χ3n) is 6.05. The Kier molecular flexibility index (Phi) is 9.11. The third kappa shape index (κ3) is 7.38. The van der Waals surface area contributed by atoms with Gasteiger partial charge in [0, 0.05) is 44.7 Å². The summed E-state index contributed by atoms with van der Waals surface area (Å²) < 4.78 is 0. The molecule has 1 saturated heterocycles. The summed E-state index contributed by atoms with van der Waals surface area (Å²) in [5.41, 5.74) is 7.35. The highest BCUT2D eigenvalue weighted by Crippen LogP contribution is 2.20. The Morgan fingerprint density at radius 1 is 0.875 bits per heavy atom. The number of amides is 2. The maximum atomic E-state index is 12.5. The SMILES string of the molecule is Cc1ccc(N2CCN(C(=O)CCCCCC(=O)NOCc3ccccc3)CC2)cc1C. The molecule has 1 N–H and O–H groups in total. The van der Waals surface area contributed by atoms with Crippen LogP contribution in [-0.2, 0) is 21.0 Å². The standard InChI is InChI=1S/C26H35N3O3/c1-21-13-14-24(19-22(21)2)28-15-17-29(18-16-28)26(31)12-8-4-7-11-25(30)27-32-20-23-9-5-3-6-10-23/h3,5-6,9-10,13-14,19H,4,7-8,11-12,15-18,20H2,1-2H3,(H,27,30). The van der Waals surface area contributed by atoms with Crippen LogP contribution >= 0.6 is 0 Å². The van der Waals surface area contributed by atoms with Crippen LogP contribution in [0.3, 0.4) is 0 Å². The Bertz CT molecular complexity index is 877. The Morgan fingerprint density at radius 3 is 2.31 bits per heavy atom. The molecule has 172 valence electrons. The smallest absolute Gasteiger partial charge is 0.243 e. The van der Waals surface area contributed by atoms with Crippen LogP contribution in [0.1, 0.15) is 48.8 Å². The molecule has 1 aliphatic rings. The third-order valence-corrected chi connectivity index (χ3v) is 6.05. The number of rotatable bonds is 10. The lowest BCUT2D eigenvalue weighted by Crippen LogP contribution is -2.48. The molecule has 0 bridgehead atoms. The molecule has 0 aromatic heterocycles. The number of unbranched alkanes of at least 4 members (excludes halogenated alkanes) is 2. The first kappa shape index (κ1) is 23.8. The summed E-state index contributed by atoms with van der Waals surface area (Å²) in [7, 11) is 0. The largest absolute Gasteiger partial charge is 0.368 e.